The van der Waals surface area contributed by atoms with Crippen molar-refractivity contribution in [2.45, 2.75) is 77.9 Å². The molecule has 0 bridgehead atoms. The Kier molecular flexibility index (Phi) is 30.9. The number of esters is 1. The van der Waals surface area contributed by atoms with Crippen LogP contribution in [0.5, 0.6) is 5.75 Å². The molecule has 12 nitrogen and oxygen atoms in total. The average Bonchev–Trinajstić information content (AvgIpc) is 3.20. The molecule has 3 aromatic rings. The van der Waals surface area contributed by atoms with Gasteiger partial charge in [0.1, 0.15) is 18.2 Å². The number of unbranched alkanes of at least 4 members (excludes halogenated alkanes) is 3. The summed E-state index contributed by atoms with van der Waals surface area (Å²) in [6.07, 6.45) is 9.75. The molecule has 1 aromatic heterocycles. The minimum atomic E-state index is -0.210. The number of nitrogens with one attached hydrogen (secondary N) is 2. The SMILES string of the molecule is C=C(C)CC.CNC(c1ccncn1)N(C)CCNc1cccc([N-][C@H](C)c2ccc(OCCCCCCOCCOCCOCCCC(=O)OC)cc2)c1.[K+]. The summed E-state index contributed by atoms with van der Waals surface area (Å²) >= 11 is 0. The number of hydrogen-bond acceptors (Lipinski definition) is 11. The molecule has 0 spiro atoms. The number of benzene rings is 2. The largest absolute Gasteiger partial charge is 1.00 e. The summed E-state index contributed by atoms with van der Waals surface area (Å²) in [4.78, 5) is 21.6. The van der Waals surface area contributed by atoms with E-state index in [1.54, 1.807) is 12.5 Å². The molecular weight excluding hydrogens is 736 g/mol. The normalized spacial score (nSPS) is 11.8. The molecule has 13 heteroatoms. The third-order valence-electron chi connectivity index (χ3n) is 8.64. The summed E-state index contributed by atoms with van der Waals surface area (Å²) in [6, 6.07) is 18.4. The van der Waals surface area contributed by atoms with Crippen LogP contribution in [0.4, 0.5) is 11.4 Å². The van der Waals surface area contributed by atoms with E-state index in [-0.39, 0.29) is 69.6 Å². The van der Waals surface area contributed by atoms with Crippen molar-refractivity contribution in [3.05, 3.63) is 95.8 Å². The van der Waals surface area contributed by atoms with E-state index in [4.69, 9.17) is 24.3 Å². The van der Waals surface area contributed by atoms with Gasteiger partial charge in [0.2, 0.25) is 0 Å². The number of hydrogen-bond donors (Lipinski definition) is 2. The molecule has 3 rings (SSSR count). The maximum atomic E-state index is 11.0. The number of allylic oxidation sites excluding steroid dienone is 1. The number of carbonyl (C=O) groups is 1. The molecule has 2 aromatic carbocycles. The minimum absolute atomic E-state index is 0. The van der Waals surface area contributed by atoms with Crippen LogP contribution in [0, 0.1) is 0 Å². The zero-order chi connectivity index (χ0) is 39.9. The fourth-order valence-corrected chi connectivity index (χ4v) is 5.21. The van der Waals surface area contributed by atoms with Crippen LogP contribution in [0.3, 0.4) is 0 Å². The van der Waals surface area contributed by atoms with Crippen LogP contribution < -0.4 is 66.8 Å². The smallest absolute Gasteiger partial charge is 0.678 e. The van der Waals surface area contributed by atoms with Gasteiger partial charge in [0.15, 0.2) is 0 Å². The first-order chi connectivity index (χ1) is 26.8. The number of likely N-dealkylation sites (N-methyl/N-ethyl adjacent to an activating group) is 1. The number of methoxy groups -OCH3 is 1. The maximum absolute atomic E-state index is 11.0. The molecule has 2 N–H and O–H groups in total. The molecule has 1 unspecified atom stereocenters. The number of carbonyl (C=O) groups excluding carboxylic acids is 1. The molecule has 0 saturated carbocycles. The van der Waals surface area contributed by atoms with Gasteiger partial charge in [-0.2, -0.15) is 0 Å². The van der Waals surface area contributed by atoms with E-state index < -0.39 is 0 Å². The maximum Gasteiger partial charge on any atom is 1.00 e. The summed E-state index contributed by atoms with van der Waals surface area (Å²) in [7, 11) is 5.40. The Balaban J connectivity index is 0.00000245. The van der Waals surface area contributed by atoms with E-state index in [0.717, 1.165) is 80.2 Å². The number of rotatable bonds is 29. The molecule has 0 aliphatic carbocycles. The molecular formula is C43H67KN6O6. The van der Waals surface area contributed by atoms with E-state index in [0.29, 0.717) is 52.5 Å². The molecule has 306 valence electrons. The van der Waals surface area contributed by atoms with Gasteiger partial charge in [-0.3, -0.25) is 15.0 Å². The molecule has 0 aliphatic heterocycles. The van der Waals surface area contributed by atoms with Gasteiger partial charge in [-0.05, 0) is 77.4 Å². The van der Waals surface area contributed by atoms with Crippen LogP contribution in [0.25, 0.3) is 5.32 Å². The van der Waals surface area contributed by atoms with E-state index >= 15 is 0 Å². The standard InChI is InChI=1S/C38H57N6O6.C5H10.K/c1-31(43-34-12-9-11-33(29-34)41-20-21-44(3)38(39-2)36-18-19-40-30-42-36)32-14-16-35(17-15-32)50-24-8-6-5-7-22-47-25-27-49-28-26-48-23-10-13-37(45)46-4;1-4-5(2)3;/h9,11-12,14-19,29-31,38-39,41H,5-8,10,13,20-28H2,1-4H3;2,4H2,1,3H3;/q-1;;+1/t31-,38?;;/m1../s1. The quantitative estimate of drug-likeness (QED) is 0.0307. The number of ether oxygens (including phenoxy) is 5. The van der Waals surface area contributed by atoms with Crippen molar-refractivity contribution in [3.8, 4) is 5.75 Å². The van der Waals surface area contributed by atoms with Gasteiger partial charge >= 0.3 is 57.4 Å². The topological polar surface area (TPSA) is 130 Å². The van der Waals surface area contributed by atoms with Gasteiger partial charge in [-0.1, -0.05) is 67.8 Å². The molecule has 0 saturated heterocycles. The molecule has 0 aliphatic rings. The Morgan fingerprint density at radius 2 is 1.55 bits per heavy atom. The second-order valence-corrected chi connectivity index (χ2v) is 13.2. The van der Waals surface area contributed by atoms with Crippen molar-refractivity contribution in [2.75, 3.05) is 85.9 Å². The van der Waals surface area contributed by atoms with E-state index in [1.807, 2.05) is 44.3 Å². The Bertz CT molecular complexity index is 1420. The molecule has 0 amide bonds. The summed E-state index contributed by atoms with van der Waals surface area (Å²) in [6.45, 7) is 15.7. The van der Waals surface area contributed by atoms with E-state index in [1.165, 1.54) is 12.7 Å². The summed E-state index contributed by atoms with van der Waals surface area (Å²) < 4.78 is 27.1. The van der Waals surface area contributed by atoms with Crippen LogP contribution >= 0.6 is 0 Å². The van der Waals surface area contributed by atoms with Crippen molar-refractivity contribution in [1.29, 1.82) is 0 Å². The first-order valence-electron chi connectivity index (χ1n) is 19.6. The van der Waals surface area contributed by atoms with E-state index in [2.05, 4.69) is 82.0 Å². The Morgan fingerprint density at radius 1 is 0.911 bits per heavy atom. The van der Waals surface area contributed by atoms with Crippen molar-refractivity contribution >= 4 is 17.3 Å². The van der Waals surface area contributed by atoms with Gasteiger partial charge in [-0.15, -0.1) is 12.3 Å². The monoisotopic (exact) mass is 802 g/mol. The Hall–Kier alpha value is -2.43. The number of nitrogens with zero attached hydrogens (tertiary/aromatic N) is 4. The minimum Gasteiger partial charge on any atom is -0.678 e. The summed E-state index contributed by atoms with van der Waals surface area (Å²) in [5, 5.41) is 11.8. The number of aromatic nitrogens is 2. The second kappa shape index (κ2) is 33.5. The van der Waals surface area contributed by atoms with Crippen molar-refractivity contribution in [1.82, 2.24) is 20.2 Å². The predicted molar refractivity (Wildman–Crippen MR) is 222 cm³/mol. The van der Waals surface area contributed by atoms with Crippen LogP contribution in [0.15, 0.2) is 79.3 Å². The molecule has 2 atom stereocenters. The van der Waals surface area contributed by atoms with Gasteiger partial charge in [0.05, 0.1) is 45.8 Å². The number of anilines is 1. The first kappa shape index (κ1) is 51.6. The fraction of sp³-hybridized carbons (Fsp3) is 0.558. The van der Waals surface area contributed by atoms with E-state index in [9.17, 15) is 4.79 Å². The molecule has 0 fully saturated rings. The Labute approximate surface area is 379 Å². The van der Waals surface area contributed by atoms with Gasteiger partial charge in [-0.25, -0.2) is 9.97 Å². The zero-order valence-corrected chi connectivity index (χ0v) is 38.4. The Morgan fingerprint density at radius 3 is 2.16 bits per heavy atom. The van der Waals surface area contributed by atoms with Crippen LogP contribution in [0.1, 0.15) is 89.2 Å². The summed E-state index contributed by atoms with van der Waals surface area (Å²) in [5.41, 5.74) is 5.33. The second-order valence-electron chi connectivity index (χ2n) is 13.2. The third-order valence-corrected chi connectivity index (χ3v) is 8.64. The van der Waals surface area contributed by atoms with Gasteiger partial charge in [0.25, 0.3) is 0 Å². The van der Waals surface area contributed by atoms with Gasteiger partial charge < -0.3 is 34.3 Å². The van der Waals surface area contributed by atoms with Crippen molar-refractivity contribution < 1.29 is 79.9 Å². The van der Waals surface area contributed by atoms with Crippen LogP contribution in [-0.4, -0.2) is 101 Å². The van der Waals surface area contributed by atoms with Gasteiger partial charge in [0, 0.05) is 44.6 Å². The summed E-state index contributed by atoms with van der Waals surface area (Å²) in [5.74, 6) is 0.672. The zero-order valence-electron chi connectivity index (χ0n) is 35.3. The van der Waals surface area contributed by atoms with Crippen molar-refractivity contribution in [3.63, 3.8) is 0 Å². The third kappa shape index (κ3) is 24.4. The van der Waals surface area contributed by atoms with Crippen LogP contribution in [-0.2, 0) is 23.7 Å². The first-order valence-corrected chi connectivity index (χ1v) is 19.6. The fourth-order valence-electron chi connectivity index (χ4n) is 5.21. The predicted octanol–water partition coefficient (Wildman–Crippen LogP) is 5.42. The van der Waals surface area contributed by atoms with Crippen molar-refractivity contribution in [2.24, 2.45) is 0 Å². The van der Waals surface area contributed by atoms with Crippen LogP contribution in [0.2, 0.25) is 0 Å². The molecule has 1 heterocycles. The molecule has 0 radical (unpaired) electrons. The molecule has 56 heavy (non-hydrogen) atoms. The average molecular weight is 803 g/mol.